The minimum atomic E-state index is -0.254. The van der Waals surface area contributed by atoms with Crippen LogP contribution in [0, 0.1) is 13.8 Å². The molecule has 0 atom stereocenters. The molecule has 0 fully saturated rings. The van der Waals surface area contributed by atoms with Gasteiger partial charge in [0.1, 0.15) is 0 Å². The zero-order valence-corrected chi connectivity index (χ0v) is 18.0. The van der Waals surface area contributed by atoms with E-state index in [0.717, 1.165) is 32.3 Å². The normalized spacial score (nSPS) is 11.1. The van der Waals surface area contributed by atoms with Crippen LogP contribution in [0.1, 0.15) is 11.3 Å². The second-order valence-corrected chi connectivity index (χ2v) is 8.03. The lowest BCUT2D eigenvalue weighted by molar-refractivity contribution is -0.118. The van der Waals surface area contributed by atoms with E-state index in [-0.39, 0.29) is 12.5 Å². The smallest absolute Gasteiger partial charge is 0.262 e. The monoisotopic (exact) mass is 422 g/mol. The van der Waals surface area contributed by atoms with Crippen molar-refractivity contribution < 1.29 is 9.53 Å². The third-order valence-electron chi connectivity index (χ3n) is 4.55. The topological polar surface area (TPSA) is 86.9 Å². The second-order valence-electron chi connectivity index (χ2n) is 6.99. The molecule has 3 heterocycles. The number of carbonyl (C=O) groups is 1. The van der Waals surface area contributed by atoms with Crippen LogP contribution >= 0.6 is 11.8 Å². The largest absolute Gasteiger partial charge is 0.466 e. The lowest BCUT2D eigenvalue weighted by Crippen LogP contribution is -2.20. The lowest BCUT2D eigenvalue weighted by Gasteiger charge is -2.08. The Hall–Kier alpha value is -3.33. The van der Waals surface area contributed by atoms with Gasteiger partial charge in [-0.2, -0.15) is 0 Å². The number of pyridine rings is 1. The van der Waals surface area contributed by atoms with Crippen LogP contribution in [0.15, 0.2) is 52.8 Å². The van der Waals surface area contributed by atoms with E-state index < -0.39 is 0 Å². The number of nitrogens with zero attached hydrogens (tertiary/aromatic N) is 5. The number of rotatable bonds is 6. The summed E-state index contributed by atoms with van der Waals surface area (Å²) in [7, 11) is 3.76. The summed E-state index contributed by atoms with van der Waals surface area (Å²) < 4.78 is 9.33. The van der Waals surface area contributed by atoms with Crippen molar-refractivity contribution in [2.45, 2.75) is 23.9 Å². The molecule has 9 heteroatoms. The quantitative estimate of drug-likeness (QED) is 0.512. The molecule has 0 bridgehead atoms. The molecule has 4 aromatic rings. The molecule has 0 aliphatic heterocycles. The number of imidazole rings is 1. The molecule has 30 heavy (non-hydrogen) atoms. The Kier molecular flexibility index (Phi) is 5.45. The van der Waals surface area contributed by atoms with E-state index >= 15 is 0 Å². The van der Waals surface area contributed by atoms with Crippen molar-refractivity contribution in [2.24, 2.45) is 14.1 Å². The van der Waals surface area contributed by atoms with Crippen molar-refractivity contribution in [3.63, 3.8) is 0 Å². The minimum absolute atomic E-state index is 0.136. The SMILES string of the molecule is Cc1cc(C)c2c(OCC(=O)Nc3ccc(Sc4nccn4C)cc3)nn(C)c2n1. The van der Waals surface area contributed by atoms with Crippen LogP contribution in [0.2, 0.25) is 0 Å². The fourth-order valence-electron chi connectivity index (χ4n) is 3.14. The average Bonchev–Trinajstić information content (AvgIpc) is 3.25. The highest BCUT2D eigenvalue weighted by Gasteiger charge is 2.15. The number of ether oxygens (including phenoxy) is 1. The van der Waals surface area contributed by atoms with Gasteiger partial charge >= 0.3 is 0 Å². The summed E-state index contributed by atoms with van der Waals surface area (Å²) in [6.45, 7) is 3.78. The molecule has 0 aliphatic rings. The summed E-state index contributed by atoms with van der Waals surface area (Å²) in [5.41, 5.74) is 3.37. The number of carbonyl (C=O) groups excluding carboxylic acids is 1. The first-order valence-corrected chi connectivity index (χ1v) is 10.2. The number of fused-ring (bicyclic) bond motifs is 1. The Labute approximate surface area is 178 Å². The Morgan fingerprint density at radius 2 is 1.97 bits per heavy atom. The van der Waals surface area contributed by atoms with Crippen LogP contribution in [0.3, 0.4) is 0 Å². The Morgan fingerprint density at radius 1 is 1.20 bits per heavy atom. The Bertz CT molecular complexity index is 1210. The first kappa shape index (κ1) is 20.0. The number of amides is 1. The van der Waals surface area contributed by atoms with Gasteiger partial charge in [0, 0.05) is 42.8 Å². The standard InChI is InChI=1S/C21H22N6O2S/c1-13-11-14(2)23-19-18(13)20(25-27(19)4)29-12-17(28)24-15-5-7-16(8-6-15)30-21-22-9-10-26(21)3/h5-11H,12H2,1-4H3,(H,24,28). The first-order chi connectivity index (χ1) is 14.4. The summed E-state index contributed by atoms with van der Waals surface area (Å²) >= 11 is 1.56. The van der Waals surface area contributed by atoms with Gasteiger partial charge in [0.15, 0.2) is 17.4 Å². The van der Waals surface area contributed by atoms with E-state index in [1.54, 1.807) is 22.6 Å². The van der Waals surface area contributed by atoms with Gasteiger partial charge in [0.25, 0.3) is 5.91 Å². The number of hydrogen-bond donors (Lipinski definition) is 1. The number of aromatic nitrogens is 5. The van der Waals surface area contributed by atoms with E-state index in [4.69, 9.17) is 4.74 Å². The van der Waals surface area contributed by atoms with Crippen LogP contribution in [0.5, 0.6) is 5.88 Å². The third kappa shape index (κ3) is 4.16. The number of hydrogen-bond acceptors (Lipinski definition) is 6. The average molecular weight is 423 g/mol. The molecule has 3 aromatic heterocycles. The second kappa shape index (κ2) is 8.19. The van der Waals surface area contributed by atoms with E-state index in [0.29, 0.717) is 11.6 Å². The molecule has 0 spiro atoms. The van der Waals surface area contributed by atoms with E-state index in [2.05, 4.69) is 20.4 Å². The Morgan fingerprint density at radius 3 is 2.67 bits per heavy atom. The van der Waals surface area contributed by atoms with Crippen LogP contribution in [0.25, 0.3) is 11.0 Å². The summed E-state index contributed by atoms with van der Waals surface area (Å²) in [4.78, 5) is 22.2. The maximum atomic E-state index is 12.3. The number of anilines is 1. The number of benzene rings is 1. The van der Waals surface area contributed by atoms with Gasteiger partial charge in [0.2, 0.25) is 5.88 Å². The van der Waals surface area contributed by atoms with Gasteiger partial charge in [-0.1, -0.05) is 11.8 Å². The van der Waals surface area contributed by atoms with Crippen LogP contribution in [-0.4, -0.2) is 36.8 Å². The van der Waals surface area contributed by atoms with Gasteiger partial charge < -0.3 is 14.6 Å². The predicted molar refractivity (Wildman–Crippen MR) is 116 cm³/mol. The summed E-state index contributed by atoms with van der Waals surface area (Å²) in [5, 5.41) is 8.94. The number of aryl methyl sites for hydroxylation is 4. The van der Waals surface area contributed by atoms with Crippen molar-refractivity contribution >= 4 is 34.4 Å². The molecule has 0 saturated carbocycles. The fourth-order valence-corrected chi connectivity index (χ4v) is 3.94. The van der Waals surface area contributed by atoms with Crippen molar-refractivity contribution in [3.8, 4) is 5.88 Å². The van der Waals surface area contributed by atoms with Crippen molar-refractivity contribution in [1.29, 1.82) is 0 Å². The van der Waals surface area contributed by atoms with Crippen molar-refractivity contribution in [3.05, 3.63) is 54.0 Å². The van der Waals surface area contributed by atoms with Gasteiger partial charge in [0.05, 0.1) is 5.39 Å². The van der Waals surface area contributed by atoms with E-state index in [1.165, 1.54) is 0 Å². The van der Waals surface area contributed by atoms with Gasteiger partial charge in [-0.25, -0.2) is 14.6 Å². The molecule has 1 amide bonds. The summed E-state index contributed by atoms with van der Waals surface area (Å²) in [6, 6.07) is 9.58. The molecule has 4 rings (SSSR count). The van der Waals surface area contributed by atoms with E-state index in [1.807, 2.05) is 69.0 Å². The molecule has 0 aliphatic carbocycles. The fraction of sp³-hybridized carbons (Fsp3) is 0.238. The predicted octanol–water partition coefficient (Wildman–Crippen LogP) is 3.49. The molecule has 8 nitrogen and oxygen atoms in total. The molecular weight excluding hydrogens is 400 g/mol. The molecule has 0 radical (unpaired) electrons. The first-order valence-electron chi connectivity index (χ1n) is 9.39. The van der Waals surface area contributed by atoms with Crippen LogP contribution in [0.4, 0.5) is 5.69 Å². The van der Waals surface area contributed by atoms with Gasteiger partial charge in [-0.15, -0.1) is 5.10 Å². The highest BCUT2D eigenvalue weighted by atomic mass is 32.2. The van der Waals surface area contributed by atoms with E-state index in [9.17, 15) is 4.79 Å². The summed E-state index contributed by atoms with van der Waals surface area (Å²) in [6.07, 6.45) is 3.67. The minimum Gasteiger partial charge on any atom is -0.466 e. The zero-order chi connectivity index (χ0) is 21.3. The van der Waals surface area contributed by atoms with Crippen molar-refractivity contribution in [1.82, 2.24) is 24.3 Å². The van der Waals surface area contributed by atoms with Gasteiger partial charge in [-0.3, -0.25) is 4.79 Å². The number of nitrogens with one attached hydrogen (secondary N) is 1. The maximum absolute atomic E-state index is 12.3. The molecule has 154 valence electrons. The van der Waals surface area contributed by atoms with Crippen LogP contribution in [-0.2, 0) is 18.9 Å². The summed E-state index contributed by atoms with van der Waals surface area (Å²) in [5.74, 6) is 0.158. The lowest BCUT2D eigenvalue weighted by atomic mass is 10.2. The molecule has 1 aromatic carbocycles. The highest BCUT2D eigenvalue weighted by Crippen LogP contribution is 2.28. The Balaban J connectivity index is 1.38. The molecule has 1 N–H and O–H groups in total. The molecule has 0 saturated heterocycles. The maximum Gasteiger partial charge on any atom is 0.262 e. The van der Waals surface area contributed by atoms with Crippen LogP contribution < -0.4 is 10.1 Å². The van der Waals surface area contributed by atoms with Gasteiger partial charge in [-0.05, 0) is 49.7 Å². The zero-order valence-electron chi connectivity index (χ0n) is 17.2. The third-order valence-corrected chi connectivity index (χ3v) is 5.63. The highest BCUT2D eigenvalue weighted by molar-refractivity contribution is 7.99. The molecule has 0 unspecified atom stereocenters. The molecular formula is C21H22N6O2S. The van der Waals surface area contributed by atoms with Crippen molar-refractivity contribution in [2.75, 3.05) is 11.9 Å².